The monoisotopic (exact) mass is 178 g/mol. The van der Waals surface area contributed by atoms with Crippen molar-refractivity contribution in [1.82, 2.24) is 10.3 Å². The summed E-state index contributed by atoms with van der Waals surface area (Å²) in [6.45, 7) is 3.32. The van der Waals surface area contributed by atoms with Crippen molar-refractivity contribution in [2.24, 2.45) is 5.11 Å². The van der Waals surface area contributed by atoms with Gasteiger partial charge in [0.05, 0.1) is 6.54 Å². The van der Waals surface area contributed by atoms with Crippen LogP contribution in [0.25, 0.3) is 0 Å². The van der Waals surface area contributed by atoms with Gasteiger partial charge in [0.2, 0.25) is 0 Å². The fraction of sp³-hybridized carbons (Fsp3) is 0.444. The van der Waals surface area contributed by atoms with Crippen molar-refractivity contribution in [3.63, 3.8) is 0 Å². The summed E-state index contributed by atoms with van der Waals surface area (Å²) in [5.41, 5.74) is 7.84. The van der Waals surface area contributed by atoms with Crippen molar-refractivity contribution in [2.45, 2.75) is 19.5 Å². The Labute approximate surface area is 77.9 Å². The standard InChI is InChI=1S/C9H14N4/c1-8(5-13-10)12-7-9-3-2-4-11-6-9/h2-4,6,8,10,12H,5,7H2,1H3. The van der Waals surface area contributed by atoms with E-state index in [1.54, 1.807) is 6.20 Å². The van der Waals surface area contributed by atoms with Crippen LogP contribution in [0.15, 0.2) is 29.6 Å². The van der Waals surface area contributed by atoms with Gasteiger partial charge in [0.15, 0.2) is 0 Å². The predicted octanol–water partition coefficient (Wildman–Crippen LogP) is 1.59. The van der Waals surface area contributed by atoms with Crippen LogP contribution in [0, 0.1) is 5.53 Å². The molecule has 4 heteroatoms. The molecule has 0 amide bonds. The Bertz CT molecular complexity index is 247. The maximum Gasteiger partial charge on any atom is 0.0747 e. The van der Waals surface area contributed by atoms with E-state index in [0.717, 1.165) is 12.1 Å². The van der Waals surface area contributed by atoms with Gasteiger partial charge in [0, 0.05) is 25.0 Å². The molecule has 0 saturated heterocycles. The molecule has 1 heterocycles. The number of nitrogens with one attached hydrogen (secondary N) is 2. The number of hydrogen-bond acceptors (Lipinski definition) is 4. The summed E-state index contributed by atoms with van der Waals surface area (Å²) in [6, 6.07) is 4.18. The molecular weight excluding hydrogens is 164 g/mol. The first-order valence-electron chi connectivity index (χ1n) is 4.28. The Morgan fingerprint density at radius 3 is 3.15 bits per heavy atom. The van der Waals surface area contributed by atoms with E-state index in [1.165, 1.54) is 0 Å². The summed E-state index contributed by atoms with van der Waals surface area (Å²) in [4.78, 5) is 4.01. The fourth-order valence-electron chi connectivity index (χ4n) is 0.996. The molecule has 0 aromatic carbocycles. The molecule has 1 rings (SSSR count). The molecule has 0 radical (unpaired) electrons. The molecule has 1 aromatic heterocycles. The Kier molecular flexibility index (Phi) is 4.05. The lowest BCUT2D eigenvalue weighted by molar-refractivity contribution is 0.544. The maximum atomic E-state index is 6.69. The van der Waals surface area contributed by atoms with Crippen LogP contribution in [0.3, 0.4) is 0 Å². The topological polar surface area (TPSA) is 61.1 Å². The van der Waals surface area contributed by atoms with E-state index >= 15 is 0 Å². The van der Waals surface area contributed by atoms with Crippen molar-refractivity contribution in [1.29, 1.82) is 5.53 Å². The normalized spacial score (nSPS) is 12.4. The van der Waals surface area contributed by atoms with Crippen LogP contribution < -0.4 is 5.32 Å². The third-order valence-electron chi connectivity index (χ3n) is 1.74. The fourth-order valence-corrected chi connectivity index (χ4v) is 0.996. The molecule has 0 fully saturated rings. The largest absolute Gasteiger partial charge is 0.308 e. The molecule has 1 aromatic rings. The SMILES string of the molecule is CC(CN=N)NCc1cccnc1. The Hall–Kier alpha value is -1.29. The van der Waals surface area contributed by atoms with Gasteiger partial charge in [-0.2, -0.15) is 5.11 Å². The van der Waals surface area contributed by atoms with Crippen LogP contribution >= 0.6 is 0 Å². The van der Waals surface area contributed by atoms with Crippen molar-refractivity contribution < 1.29 is 0 Å². The summed E-state index contributed by atoms with van der Waals surface area (Å²) in [5.74, 6) is 0. The number of pyridine rings is 1. The highest BCUT2D eigenvalue weighted by Crippen LogP contribution is 1.95. The minimum atomic E-state index is 0.248. The predicted molar refractivity (Wildman–Crippen MR) is 50.6 cm³/mol. The molecule has 2 N–H and O–H groups in total. The molecule has 0 aliphatic rings. The summed E-state index contributed by atoms with van der Waals surface area (Å²) < 4.78 is 0. The molecule has 70 valence electrons. The minimum absolute atomic E-state index is 0.248. The highest BCUT2D eigenvalue weighted by atomic mass is 15.0. The van der Waals surface area contributed by atoms with Gasteiger partial charge in [-0.1, -0.05) is 6.07 Å². The van der Waals surface area contributed by atoms with Crippen molar-refractivity contribution >= 4 is 0 Å². The van der Waals surface area contributed by atoms with Gasteiger partial charge in [0.1, 0.15) is 0 Å². The summed E-state index contributed by atoms with van der Waals surface area (Å²) in [7, 11) is 0. The number of rotatable bonds is 5. The molecule has 0 spiro atoms. The van der Waals surface area contributed by atoms with E-state index in [0.29, 0.717) is 6.54 Å². The first-order chi connectivity index (χ1) is 6.33. The molecule has 0 saturated carbocycles. The lowest BCUT2D eigenvalue weighted by atomic mass is 10.2. The lowest BCUT2D eigenvalue weighted by Crippen LogP contribution is -2.27. The van der Waals surface area contributed by atoms with E-state index in [9.17, 15) is 0 Å². The Morgan fingerprint density at radius 2 is 2.54 bits per heavy atom. The minimum Gasteiger partial charge on any atom is -0.308 e. The molecule has 0 aliphatic heterocycles. The molecule has 0 bridgehead atoms. The maximum absolute atomic E-state index is 6.69. The van der Waals surface area contributed by atoms with E-state index in [1.807, 2.05) is 25.3 Å². The summed E-state index contributed by atoms with van der Waals surface area (Å²) in [6.07, 6.45) is 3.59. The first-order valence-corrected chi connectivity index (χ1v) is 4.28. The summed E-state index contributed by atoms with van der Waals surface area (Å²) >= 11 is 0. The van der Waals surface area contributed by atoms with Gasteiger partial charge >= 0.3 is 0 Å². The molecule has 1 unspecified atom stereocenters. The van der Waals surface area contributed by atoms with E-state index in [2.05, 4.69) is 15.4 Å². The Morgan fingerprint density at radius 1 is 1.69 bits per heavy atom. The van der Waals surface area contributed by atoms with Crippen LogP contribution in [0.1, 0.15) is 12.5 Å². The van der Waals surface area contributed by atoms with Crippen LogP contribution in [-0.2, 0) is 6.54 Å². The van der Waals surface area contributed by atoms with Gasteiger partial charge in [-0.3, -0.25) is 4.98 Å². The van der Waals surface area contributed by atoms with Gasteiger partial charge in [-0.05, 0) is 18.6 Å². The first kappa shape index (κ1) is 9.80. The average molecular weight is 178 g/mol. The second-order valence-corrected chi connectivity index (χ2v) is 2.98. The molecule has 0 aliphatic carbocycles. The number of hydrogen-bond donors (Lipinski definition) is 2. The van der Waals surface area contributed by atoms with Crippen LogP contribution in [0.2, 0.25) is 0 Å². The van der Waals surface area contributed by atoms with Gasteiger partial charge in [-0.25, -0.2) is 5.53 Å². The van der Waals surface area contributed by atoms with Crippen molar-refractivity contribution in [2.75, 3.05) is 6.54 Å². The van der Waals surface area contributed by atoms with Crippen LogP contribution in [0.4, 0.5) is 0 Å². The van der Waals surface area contributed by atoms with Gasteiger partial charge in [-0.15, -0.1) is 0 Å². The van der Waals surface area contributed by atoms with E-state index < -0.39 is 0 Å². The molecule has 4 nitrogen and oxygen atoms in total. The second kappa shape index (κ2) is 5.37. The average Bonchev–Trinajstić information content (AvgIpc) is 2.17. The third kappa shape index (κ3) is 3.75. The zero-order valence-corrected chi connectivity index (χ0v) is 7.70. The van der Waals surface area contributed by atoms with Gasteiger partial charge < -0.3 is 5.32 Å². The van der Waals surface area contributed by atoms with Crippen molar-refractivity contribution in [3.05, 3.63) is 30.1 Å². The number of nitrogens with zero attached hydrogens (tertiary/aromatic N) is 2. The van der Waals surface area contributed by atoms with Crippen molar-refractivity contribution in [3.8, 4) is 0 Å². The highest BCUT2D eigenvalue weighted by Gasteiger charge is 1.99. The molecule has 1 atom stereocenters. The third-order valence-corrected chi connectivity index (χ3v) is 1.74. The quantitative estimate of drug-likeness (QED) is 0.672. The molecule has 13 heavy (non-hydrogen) atoms. The Balaban J connectivity index is 2.30. The zero-order chi connectivity index (χ0) is 9.52. The summed E-state index contributed by atoms with van der Waals surface area (Å²) in [5, 5.41) is 6.57. The van der Waals surface area contributed by atoms with E-state index in [-0.39, 0.29) is 6.04 Å². The molecular formula is C9H14N4. The zero-order valence-electron chi connectivity index (χ0n) is 7.70. The number of aromatic nitrogens is 1. The van der Waals surface area contributed by atoms with E-state index in [4.69, 9.17) is 5.53 Å². The lowest BCUT2D eigenvalue weighted by Gasteiger charge is -2.09. The second-order valence-electron chi connectivity index (χ2n) is 2.98. The van der Waals surface area contributed by atoms with Gasteiger partial charge in [0.25, 0.3) is 0 Å². The van der Waals surface area contributed by atoms with Crippen LogP contribution in [-0.4, -0.2) is 17.6 Å². The smallest absolute Gasteiger partial charge is 0.0747 e. The van der Waals surface area contributed by atoms with Crippen LogP contribution in [0.5, 0.6) is 0 Å². The highest BCUT2D eigenvalue weighted by molar-refractivity contribution is 5.07.